The molecule has 4 rings (SSSR count). The van der Waals surface area contributed by atoms with Gasteiger partial charge in [-0.25, -0.2) is 14.5 Å². The largest absolute Gasteiger partial charge is 0.478 e. The minimum atomic E-state index is -1.13. The third kappa shape index (κ3) is 4.38. The van der Waals surface area contributed by atoms with Crippen molar-refractivity contribution in [3.8, 4) is 0 Å². The van der Waals surface area contributed by atoms with Crippen molar-refractivity contribution in [3.05, 3.63) is 118 Å². The predicted octanol–water partition coefficient (Wildman–Crippen LogP) is 6.11. The summed E-state index contributed by atoms with van der Waals surface area (Å²) in [5.74, 6) is -1.51. The number of carboxylic acid groups (broad SMARTS) is 1. The van der Waals surface area contributed by atoms with Gasteiger partial charge in [-0.3, -0.25) is 0 Å². The number of hydrogen-bond acceptors (Lipinski definition) is 3. The molecule has 0 fully saturated rings. The number of aromatic nitrogens is 3. The molecule has 1 atom stereocenters. The van der Waals surface area contributed by atoms with Gasteiger partial charge in [-0.1, -0.05) is 89.9 Å². The Morgan fingerprint density at radius 1 is 0.935 bits per heavy atom. The Labute approximate surface area is 189 Å². The quantitative estimate of drug-likeness (QED) is 0.385. The molecule has 0 radical (unpaired) electrons. The number of aromatic carboxylic acids is 1. The monoisotopic (exact) mass is 449 g/mol. The molecule has 0 spiro atoms. The molecule has 0 aliphatic heterocycles. The van der Waals surface area contributed by atoms with Crippen molar-refractivity contribution in [1.82, 2.24) is 14.8 Å². The third-order valence-electron chi connectivity index (χ3n) is 4.88. The summed E-state index contributed by atoms with van der Waals surface area (Å²) in [6.07, 6.45) is 5.08. The molecule has 1 unspecified atom stereocenters. The van der Waals surface area contributed by atoms with Crippen LogP contribution in [0.3, 0.4) is 0 Å². The minimum Gasteiger partial charge on any atom is -0.478 e. The lowest BCUT2D eigenvalue weighted by atomic mass is 9.87. The lowest BCUT2D eigenvalue weighted by Gasteiger charge is -2.23. The highest BCUT2D eigenvalue weighted by atomic mass is 35.5. The van der Waals surface area contributed by atoms with Crippen molar-refractivity contribution < 1.29 is 9.90 Å². The fourth-order valence-electron chi connectivity index (χ4n) is 3.45. The van der Waals surface area contributed by atoms with Crippen molar-refractivity contribution in [1.29, 1.82) is 0 Å². The molecule has 1 aromatic heterocycles. The minimum absolute atomic E-state index is 0.00486. The molecule has 154 valence electrons. The summed E-state index contributed by atoms with van der Waals surface area (Å²) < 4.78 is 1.68. The van der Waals surface area contributed by atoms with Gasteiger partial charge in [0.25, 0.3) is 0 Å². The molecule has 7 heteroatoms. The second-order valence-corrected chi connectivity index (χ2v) is 7.56. The van der Waals surface area contributed by atoms with Crippen LogP contribution in [0.4, 0.5) is 0 Å². The maximum absolute atomic E-state index is 11.5. The van der Waals surface area contributed by atoms with Gasteiger partial charge in [-0.05, 0) is 28.8 Å². The Morgan fingerprint density at radius 3 is 2.23 bits per heavy atom. The number of hydrogen-bond donors (Lipinski definition) is 1. The van der Waals surface area contributed by atoms with Gasteiger partial charge in [0, 0.05) is 0 Å². The summed E-state index contributed by atoms with van der Waals surface area (Å²) in [5.41, 5.74) is 3.33. The summed E-state index contributed by atoms with van der Waals surface area (Å²) in [5, 5.41) is 14.0. The van der Waals surface area contributed by atoms with E-state index in [2.05, 4.69) is 10.1 Å². The normalized spacial score (nSPS) is 12.5. The second-order valence-electron chi connectivity index (χ2n) is 6.80. The van der Waals surface area contributed by atoms with Gasteiger partial charge in [-0.2, -0.15) is 5.10 Å². The first-order valence-corrected chi connectivity index (χ1v) is 10.2. The van der Waals surface area contributed by atoms with Crippen LogP contribution in [0, 0.1) is 0 Å². The average Bonchev–Trinajstić information content (AvgIpc) is 3.32. The SMILES string of the molecule is O=C(O)c1ccc(C(/C(=C\c2ccccc2)n2cncn2)c2ccccc2)c(Cl)c1Cl. The maximum Gasteiger partial charge on any atom is 0.337 e. The Balaban J connectivity index is 1.98. The highest BCUT2D eigenvalue weighted by molar-refractivity contribution is 6.44. The molecule has 1 N–H and O–H groups in total. The predicted molar refractivity (Wildman–Crippen MR) is 122 cm³/mol. The van der Waals surface area contributed by atoms with Crippen molar-refractivity contribution in [2.24, 2.45) is 0 Å². The molecule has 0 amide bonds. The number of nitrogens with zero attached hydrogens (tertiary/aromatic N) is 3. The van der Waals surface area contributed by atoms with Crippen molar-refractivity contribution in [3.63, 3.8) is 0 Å². The van der Waals surface area contributed by atoms with E-state index in [0.717, 1.165) is 16.8 Å². The fraction of sp³-hybridized carbons (Fsp3) is 0.0417. The highest BCUT2D eigenvalue weighted by Gasteiger charge is 2.26. The molecule has 0 aliphatic rings. The summed E-state index contributed by atoms with van der Waals surface area (Å²) in [6.45, 7) is 0. The van der Waals surface area contributed by atoms with Crippen molar-refractivity contribution in [2.45, 2.75) is 5.92 Å². The first-order valence-electron chi connectivity index (χ1n) is 9.44. The van der Waals surface area contributed by atoms with E-state index >= 15 is 0 Å². The van der Waals surface area contributed by atoms with E-state index in [0.29, 0.717) is 5.56 Å². The summed E-state index contributed by atoms with van der Waals surface area (Å²) >= 11 is 13.0. The van der Waals surface area contributed by atoms with Crippen LogP contribution in [0.2, 0.25) is 10.0 Å². The molecule has 31 heavy (non-hydrogen) atoms. The molecule has 0 aliphatic carbocycles. The molecule has 1 heterocycles. The smallest absolute Gasteiger partial charge is 0.337 e. The van der Waals surface area contributed by atoms with Crippen LogP contribution < -0.4 is 0 Å². The van der Waals surface area contributed by atoms with Gasteiger partial charge in [-0.15, -0.1) is 0 Å². The molecule has 4 aromatic rings. The van der Waals surface area contributed by atoms with Crippen molar-refractivity contribution in [2.75, 3.05) is 0 Å². The van der Waals surface area contributed by atoms with E-state index in [-0.39, 0.29) is 21.5 Å². The molecule has 5 nitrogen and oxygen atoms in total. The zero-order chi connectivity index (χ0) is 21.8. The molecule has 3 aromatic carbocycles. The van der Waals surface area contributed by atoms with Crippen LogP contribution in [0.15, 0.2) is 85.5 Å². The summed E-state index contributed by atoms with van der Waals surface area (Å²) in [6, 6.07) is 22.8. The lowest BCUT2D eigenvalue weighted by molar-refractivity contribution is 0.0697. The van der Waals surface area contributed by atoms with E-state index in [9.17, 15) is 9.90 Å². The third-order valence-corrected chi connectivity index (χ3v) is 5.78. The standard InChI is InChI=1S/C24H17Cl2N3O2/c25-22-18(11-12-19(23(22)26)24(30)31)21(17-9-5-2-6-10-17)20(29-15-27-14-28-29)13-16-7-3-1-4-8-16/h1-15,21H,(H,30,31)/b20-13+. The number of benzene rings is 3. The van der Waals surface area contributed by atoms with Gasteiger partial charge in [0.2, 0.25) is 0 Å². The van der Waals surface area contributed by atoms with E-state index in [1.54, 1.807) is 17.1 Å². The second kappa shape index (κ2) is 9.16. The zero-order valence-corrected chi connectivity index (χ0v) is 17.7. The number of carboxylic acids is 1. The highest BCUT2D eigenvalue weighted by Crippen LogP contribution is 2.42. The first-order chi connectivity index (χ1) is 15.1. The molecule has 0 saturated heterocycles. The van der Waals surface area contributed by atoms with E-state index in [1.807, 2.05) is 66.7 Å². The Hall–Kier alpha value is -3.41. The number of carbonyl (C=O) groups is 1. The Bertz CT molecular complexity index is 1220. The number of allylic oxidation sites excluding steroid dienone is 1. The first kappa shape index (κ1) is 20.8. The van der Waals surface area contributed by atoms with E-state index in [1.165, 1.54) is 12.4 Å². The number of halogens is 2. The van der Waals surface area contributed by atoms with Crippen LogP contribution >= 0.6 is 23.2 Å². The summed E-state index contributed by atoms with van der Waals surface area (Å²) in [4.78, 5) is 15.6. The number of rotatable bonds is 6. The van der Waals surface area contributed by atoms with Gasteiger partial charge in [0.15, 0.2) is 0 Å². The lowest BCUT2D eigenvalue weighted by Crippen LogP contribution is -2.12. The van der Waals surface area contributed by atoms with Crippen LogP contribution in [0.25, 0.3) is 11.8 Å². The van der Waals surface area contributed by atoms with Crippen LogP contribution in [-0.2, 0) is 0 Å². The van der Waals surface area contributed by atoms with E-state index < -0.39 is 5.97 Å². The topological polar surface area (TPSA) is 68.0 Å². The summed E-state index contributed by atoms with van der Waals surface area (Å²) in [7, 11) is 0. The Kier molecular flexibility index (Phi) is 6.16. The maximum atomic E-state index is 11.5. The van der Waals surface area contributed by atoms with Crippen LogP contribution in [-0.4, -0.2) is 25.8 Å². The van der Waals surface area contributed by atoms with Gasteiger partial charge < -0.3 is 5.11 Å². The molecular weight excluding hydrogens is 433 g/mol. The molecular formula is C24H17Cl2N3O2. The molecule has 0 bridgehead atoms. The van der Waals surface area contributed by atoms with E-state index in [4.69, 9.17) is 23.2 Å². The Morgan fingerprint density at radius 2 is 1.61 bits per heavy atom. The van der Waals surface area contributed by atoms with Crippen LogP contribution in [0.1, 0.15) is 33.0 Å². The van der Waals surface area contributed by atoms with Gasteiger partial charge in [0.05, 0.1) is 27.2 Å². The molecule has 0 saturated carbocycles. The van der Waals surface area contributed by atoms with Crippen molar-refractivity contribution >= 4 is 40.9 Å². The van der Waals surface area contributed by atoms with Gasteiger partial charge in [0.1, 0.15) is 12.7 Å². The van der Waals surface area contributed by atoms with Gasteiger partial charge >= 0.3 is 5.97 Å². The zero-order valence-electron chi connectivity index (χ0n) is 16.2. The van der Waals surface area contributed by atoms with Crippen LogP contribution in [0.5, 0.6) is 0 Å². The fourth-order valence-corrected chi connectivity index (χ4v) is 3.98. The average molecular weight is 450 g/mol.